The largest absolute Gasteiger partial charge is 0.478 e. The molecule has 0 unspecified atom stereocenters. The number of hydrogen-bond donors (Lipinski definition) is 1. The Morgan fingerprint density at radius 3 is 2.89 bits per heavy atom. The average Bonchev–Trinajstić information content (AvgIpc) is 2.44. The molecular weight excluding hydrogens is 260 g/mol. The standard InChI is InChI=1S/C13H22N4OS/c1-3-18-13-11(2)12(15-10-16-13)14-4-5-17-6-8-19-9-7-17/h10H,3-9H2,1-2H3,(H,14,15,16). The Balaban J connectivity index is 1.83. The molecule has 1 saturated heterocycles. The van der Waals surface area contributed by atoms with E-state index in [9.17, 15) is 0 Å². The summed E-state index contributed by atoms with van der Waals surface area (Å²) < 4.78 is 5.47. The lowest BCUT2D eigenvalue weighted by molar-refractivity contribution is 0.314. The summed E-state index contributed by atoms with van der Waals surface area (Å²) in [5, 5.41) is 3.38. The van der Waals surface area contributed by atoms with Gasteiger partial charge < -0.3 is 10.1 Å². The summed E-state index contributed by atoms with van der Waals surface area (Å²) >= 11 is 2.04. The average molecular weight is 282 g/mol. The van der Waals surface area contributed by atoms with Gasteiger partial charge in [0, 0.05) is 37.7 Å². The van der Waals surface area contributed by atoms with E-state index in [-0.39, 0.29) is 0 Å². The zero-order valence-corrected chi connectivity index (χ0v) is 12.5. The van der Waals surface area contributed by atoms with Crippen LogP contribution in [0.25, 0.3) is 0 Å². The van der Waals surface area contributed by atoms with E-state index >= 15 is 0 Å². The zero-order chi connectivity index (χ0) is 13.5. The Hall–Kier alpha value is -1.01. The van der Waals surface area contributed by atoms with E-state index < -0.39 is 0 Å². The third kappa shape index (κ3) is 4.24. The zero-order valence-electron chi connectivity index (χ0n) is 11.7. The van der Waals surface area contributed by atoms with Gasteiger partial charge in [0.05, 0.1) is 12.2 Å². The van der Waals surface area contributed by atoms with E-state index in [2.05, 4.69) is 20.2 Å². The SMILES string of the molecule is CCOc1ncnc(NCCN2CCSCC2)c1C. The highest BCUT2D eigenvalue weighted by Crippen LogP contribution is 2.20. The first-order valence-corrected chi connectivity index (χ1v) is 7.95. The summed E-state index contributed by atoms with van der Waals surface area (Å²) in [7, 11) is 0. The maximum Gasteiger partial charge on any atom is 0.221 e. The van der Waals surface area contributed by atoms with Gasteiger partial charge in [-0.1, -0.05) is 0 Å². The number of hydrogen-bond acceptors (Lipinski definition) is 6. The molecule has 2 heterocycles. The third-order valence-electron chi connectivity index (χ3n) is 3.14. The van der Waals surface area contributed by atoms with Gasteiger partial charge in [-0.05, 0) is 13.8 Å². The van der Waals surface area contributed by atoms with Crippen LogP contribution < -0.4 is 10.1 Å². The molecule has 0 radical (unpaired) electrons. The Bertz CT molecular complexity index is 396. The fraction of sp³-hybridized carbons (Fsp3) is 0.692. The lowest BCUT2D eigenvalue weighted by Crippen LogP contribution is -2.36. The Kier molecular flexibility index (Phi) is 5.72. The van der Waals surface area contributed by atoms with Gasteiger partial charge in [0.25, 0.3) is 0 Å². The maximum absolute atomic E-state index is 5.47. The van der Waals surface area contributed by atoms with Gasteiger partial charge in [-0.2, -0.15) is 11.8 Å². The first-order chi connectivity index (χ1) is 9.31. The van der Waals surface area contributed by atoms with Gasteiger partial charge in [-0.25, -0.2) is 9.97 Å². The molecule has 5 nitrogen and oxygen atoms in total. The number of aromatic nitrogens is 2. The summed E-state index contributed by atoms with van der Waals surface area (Å²) in [6.45, 7) is 8.94. The number of nitrogens with zero attached hydrogens (tertiary/aromatic N) is 3. The Morgan fingerprint density at radius 1 is 1.37 bits per heavy atom. The third-order valence-corrected chi connectivity index (χ3v) is 4.09. The Labute approximate surface area is 119 Å². The predicted octanol–water partition coefficient (Wildman–Crippen LogP) is 1.64. The molecule has 0 aliphatic carbocycles. The molecule has 1 aliphatic rings. The van der Waals surface area contributed by atoms with Gasteiger partial charge in [-0.3, -0.25) is 4.90 Å². The monoisotopic (exact) mass is 282 g/mol. The van der Waals surface area contributed by atoms with Crippen LogP contribution in [0, 0.1) is 6.92 Å². The Morgan fingerprint density at radius 2 is 2.16 bits per heavy atom. The van der Waals surface area contributed by atoms with Crippen molar-refractivity contribution in [2.24, 2.45) is 0 Å². The van der Waals surface area contributed by atoms with E-state index in [1.165, 1.54) is 24.6 Å². The molecule has 106 valence electrons. The number of nitrogens with one attached hydrogen (secondary N) is 1. The molecule has 1 fully saturated rings. The molecule has 19 heavy (non-hydrogen) atoms. The van der Waals surface area contributed by atoms with Crippen molar-refractivity contribution in [3.05, 3.63) is 11.9 Å². The van der Waals surface area contributed by atoms with Crippen molar-refractivity contribution < 1.29 is 4.74 Å². The number of ether oxygens (including phenoxy) is 1. The second-order valence-corrected chi connectivity index (χ2v) is 5.69. The summed E-state index contributed by atoms with van der Waals surface area (Å²) in [5.41, 5.74) is 0.985. The van der Waals surface area contributed by atoms with Crippen LogP contribution in [0.5, 0.6) is 5.88 Å². The molecule has 1 aromatic heterocycles. The van der Waals surface area contributed by atoms with Crippen LogP contribution in [-0.2, 0) is 0 Å². The number of thioether (sulfide) groups is 1. The highest BCUT2D eigenvalue weighted by atomic mass is 32.2. The maximum atomic E-state index is 5.47. The van der Waals surface area contributed by atoms with Gasteiger partial charge in [0.2, 0.25) is 5.88 Å². The van der Waals surface area contributed by atoms with Crippen LogP contribution >= 0.6 is 11.8 Å². The minimum Gasteiger partial charge on any atom is -0.478 e. The molecular formula is C13H22N4OS. The lowest BCUT2D eigenvalue weighted by Gasteiger charge is -2.26. The minimum atomic E-state index is 0.628. The molecule has 1 aromatic rings. The van der Waals surface area contributed by atoms with Crippen molar-refractivity contribution in [1.82, 2.24) is 14.9 Å². The van der Waals surface area contributed by atoms with E-state index in [1.807, 2.05) is 25.6 Å². The first-order valence-electron chi connectivity index (χ1n) is 6.79. The van der Waals surface area contributed by atoms with Crippen LogP contribution in [0.2, 0.25) is 0 Å². The summed E-state index contributed by atoms with van der Waals surface area (Å²) in [6.07, 6.45) is 1.55. The van der Waals surface area contributed by atoms with E-state index in [1.54, 1.807) is 6.33 Å². The van der Waals surface area contributed by atoms with Crippen LogP contribution in [-0.4, -0.2) is 59.2 Å². The highest BCUT2D eigenvalue weighted by Gasteiger charge is 2.11. The van der Waals surface area contributed by atoms with Crippen molar-refractivity contribution >= 4 is 17.6 Å². The molecule has 0 spiro atoms. The molecule has 6 heteroatoms. The minimum absolute atomic E-state index is 0.628. The summed E-state index contributed by atoms with van der Waals surface area (Å²) in [5.74, 6) is 4.06. The van der Waals surface area contributed by atoms with Crippen molar-refractivity contribution in [1.29, 1.82) is 0 Å². The van der Waals surface area contributed by atoms with Crippen molar-refractivity contribution in [3.63, 3.8) is 0 Å². The van der Waals surface area contributed by atoms with Crippen LogP contribution in [0.1, 0.15) is 12.5 Å². The van der Waals surface area contributed by atoms with Crippen LogP contribution in [0.3, 0.4) is 0 Å². The molecule has 0 aromatic carbocycles. The molecule has 0 amide bonds. The molecule has 1 aliphatic heterocycles. The van der Waals surface area contributed by atoms with Gasteiger partial charge in [0.15, 0.2) is 0 Å². The van der Waals surface area contributed by atoms with Crippen molar-refractivity contribution in [3.8, 4) is 5.88 Å². The molecule has 0 bridgehead atoms. The second-order valence-electron chi connectivity index (χ2n) is 4.47. The van der Waals surface area contributed by atoms with E-state index in [0.29, 0.717) is 12.5 Å². The van der Waals surface area contributed by atoms with E-state index in [0.717, 1.165) is 24.5 Å². The fourth-order valence-electron chi connectivity index (χ4n) is 2.05. The summed E-state index contributed by atoms with van der Waals surface area (Å²) in [4.78, 5) is 10.9. The lowest BCUT2D eigenvalue weighted by atomic mass is 10.3. The smallest absolute Gasteiger partial charge is 0.221 e. The molecule has 1 N–H and O–H groups in total. The quantitative estimate of drug-likeness (QED) is 0.856. The molecule has 0 atom stereocenters. The van der Waals surface area contributed by atoms with Crippen molar-refractivity contribution in [2.45, 2.75) is 13.8 Å². The molecule has 2 rings (SSSR count). The van der Waals surface area contributed by atoms with Gasteiger partial charge in [-0.15, -0.1) is 0 Å². The molecule has 0 saturated carbocycles. The van der Waals surface area contributed by atoms with Gasteiger partial charge >= 0.3 is 0 Å². The van der Waals surface area contributed by atoms with Crippen molar-refractivity contribution in [2.75, 3.05) is 49.6 Å². The summed E-state index contributed by atoms with van der Waals surface area (Å²) in [6, 6.07) is 0. The normalized spacial score (nSPS) is 16.3. The number of rotatable bonds is 6. The fourth-order valence-corrected chi connectivity index (χ4v) is 3.03. The van der Waals surface area contributed by atoms with E-state index in [4.69, 9.17) is 4.74 Å². The predicted molar refractivity (Wildman–Crippen MR) is 80.2 cm³/mol. The highest BCUT2D eigenvalue weighted by molar-refractivity contribution is 7.99. The number of anilines is 1. The second kappa shape index (κ2) is 7.55. The first kappa shape index (κ1) is 14.4. The van der Waals surface area contributed by atoms with Gasteiger partial charge in [0.1, 0.15) is 12.1 Å². The van der Waals surface area contributed by atoms with Crippen LogP contribution in [0.15, 0.2) is 6.33 Å². The van der Waals surface area contributed by atoms with Crippen LogP contribution in [0.4, 0.5) is 5.82 Å². The topological polar surface area (TPSA) is 50.3 Å².